The Balaban J connectivity index is 2.53. The summed E-state index contributed by atoms with van der Waals surface area (Å²) in [5, 5.41) is 12.7. The number of carbonyl (C=O) groups is 1. The molecule has 0 saturated carbocycles. The molecule has 0 aliphatic rings. The maximum absolute atomic E-state index is 10.8. The monoisotopic (exact) mass is 261 g/mol. The first-order valence-electron chi connectivity index (χ1n) is 5.81. The van der Waals surface area contributed by atoms with E-state index in [1.54, 1.807) is 7.11 Å². The summed E-state index contributed by atoms with van der Waals surface area (Å²) in [5.74, 6) is -1.32. The first-order chi connectivity index (χ1) is 8.95. The Labute approximate surface area is 110 Å². The summed E-state index contributed by atoms with van der Waals surface area (Å²) >= 11 is 0. The van der Waals surface area contributed by atoms with E-state index in [1.165, 1.54) is 6.07 Å². The van der Waals surface area contributed by atoms with E-state index in [-0.39, 0.29) is 5.76 Å². The summed E-state index contributed by atoms with van der Waals surface area (Å²) in [6.45, 7) is 3.87. The second kappa shape index (κ2) is 4.85. The third kappa shape index (κ3) is 2.51. The fraction of sp³-hybridized carbons (Fsp3) is 0.286. The molecule has 1 aromatic heterocycles. The molecule has 19 heavy (non-hydrogen) atoms. The van der Waals surface area contributed by atoms with Gasteiger partial charge in [-0.25, -0.2) is 4.79 Å². The third-order valence-electron chi connectivity index (χ3n) is 3.08. The molecule has 0 amide bonds. The number of benzene rings is 1. The Morgan fingerprint density at radius 3 is 2.63 bits per heavy atom. The summed E-state index contributed by atoms with van der Waals surface area (Å²) in [7, 11) is 1.63. The first-order valence-corrected chi connectivity index (χ1v) is 5.81. The highest BCUT2D eigenvalue weighted by molar-refractivity contribution is 5.85. The summed E-state index contributed by atoms with van der Waals surface area (Å²) < 4.78 is 10.3. The third-order valence-corrected chi connectivity index (χ3v) is 3.08. The van der Waals surface area contributed by atoms with E-state index in [0.717, 1.165) is 11.1 Å². The molecule has 0 aliphatic carbocycles. The van der Waals surface area contributed by atoms with Crippen molar-refractivity contribution < 1.29 is 19.2 Å². The van der Waals surface area contributed by atoms with E-state index in [4.69, 9.17) is 14.4 Å². The van der Waals surface area contributed by atoms with Crippen LogP contribution < -0.4 is 0 Å². The summed E-state index contributed by atoms with van der Waals surface area (Å²) in [4.78, 5) is 10.8. The number of aromatic nitrogens is 1. The molecule has 1 heterocycles. The van der Waals surface area contributed by atoms with Crippen LogP contribution in [0, 0.1) is 0 Å². The van der Waals surface area contributed by atoms with Crippen LogP contribution in [0.1, 0.15) is 30.0 Å². The van der Waals surface area contributed by atoms with Crippen molar-refractivity contribution in [2.45, 2.75) is 19.4 Å². The quantitative estimate of drug-likeness (QED) is 0.916. The Kier molecular flexibility index (Phi) is 3.40. The second-order valence-corrected chi connectivity index (χ2v) is 4.64. The second-order valence-electron chi connectivity index (χ2n) is 4.64. The number of carboxylic acid groups (broad SMARTS) is 1. The molecule has 0 atom stereocenters. The highest BCUT2D eigenvalue weighted by atomic mass is 16.5. The lowest BCUT2D eigenvalue weighted by molar-refractivity contribution is 0.0197. The minimum atomic E-state index is -1.14. The van der Waals surface area contributed by atoms with Crippen molar-refractivity contribution in [3.8, 4) is 11.3 Å². The van der Waals surface area contributed by atoms with Crippen molar-refractivity contribution in [1.29, 1.82) is 0 Å². The zero-order valence-electron chi connectivity index (χ0n) is 11.0. The van der Waals surface area contributed by atoms with E-state index in [1.807, 2.05) is 38.1 Å². The molecule has 1 aromatic carbocycles. The molecule has 0 radical (unpaired) electrons. The van der Waals surface area contributed by atoms with Crippen LogP contribution in [0.5, 0.6) is 0 Å². The van der Waals surface area contributed by atoms with Crippen molar-refractivity contribution in [3.05, 3.63) is 41.7 Å². The lowest BCUT2D eigenvalue weighted by Crippen LogP contribution is -2.20. The molecule has 0 saturated heterocycles. The van der Waals surface area contributed by atoms with Crippen LogP contribution in [0.4, 0.5) is 0 Å². The summed E-state index contributed by atoms with van der Waals surface area (Å²) in [6.07, 6.45) is 0. The van der Waals surface area contributed by atoms with Gasteiger partial charge in [-0.1, -0.05) is 29.4 Å². The zero-order valence-corrected chi connectivity index (χ0v) is 11.0. The van der Waals surface area contributed by atoms with Gasteiger partial charge in [0.2, 0.25) is 5.76 Å². The summed E-state index contributed by atoms with van der Waals surface area (Å²) in [5.41, 5.74) is 1.70. The van der Waals surface area contributed by atoms with Crippen molar-refractivity contribution in [2.75, 3.05) is 7.11 Å². The van der Waals surface area contributed by atoms with Gasteiger partial charge in [-0.2, -0.15) is 0 Å². The molecule has 5 heteroatoms. The molecule has 0 fully saturated rings. The highest BCUT2D eigenvalue weighted by Gasteiger charge is 2.25. The lowest BCUT2D eigenvalue weighted by Gasteiger charge is -2.25. The SMILES string of the molecule is COC(C)(C)c1ccccc1-c1cc(C(=O)O)on1. The molecule has 2 rings (SSSR count). The number of carboxylic acids is 1. The van der Waals surface area contributed by atoms with Crippen LogP contribution in [0.25, 0.3) is 11.3 Å². The number of nitrogens with zero attached hydrogens (tertiary/aromatic N) is 1. The fourth-order valence-electron chi connectivity index (χ4n) is 1.84. The normalized spacial score (nSPS) is 11.5. The largest absolute Gasteiger partial charge is 0.475 e. The van der Waals surface area contributed by atoms with Crippen LogP contribution in [-0.4, -0.2) is 23.3 Å². The molecule has 1 N–H and O–H groups in total. The van der Waals surface area contributed by atoms with Crippen LogP contribution >= 0.6 is 0 Å². The van der Waals surface area contributed by atoms with E-state index in [0.29, 0.717) is 5.69 Å². The van der Waals surface area contributed by atoms with Crippen LogP contribution in [0.15, 0.2) is 34.9 Å². The Hall–Kier alpha value is -2.14. The number of aromatic carboxylic acids is 1. The van der Waals surface area contributed by atoms with Gasteiger partial charge in [-0.15, -0.1) is 0 Å². The minimum Gasteiger partial charge on any atom is -0.475 e. The van der Waals surface area contributed by atoms with Gasteiger partial charge in [-0.3, -0.25) is 0 Å². The molecular formula is C14H15NO4. The molecule has 0 spiro atoms. The maximum atomic E-state index is 10.8. The number of hydrogen-bond acceptors (Lipinski definition) is 4. The van der Waals surface area contributed by atoms with Gasteiger partial charge in [-0.05, 0) is 19.4 Å². The van der Waals surface area contributed by atoms with E-state index >= 15 is 0 Å². The minimum absolute atomic E-state index is 0.181. The predicted octanol–water partition coefficient (Wildman–Crippen LogP) is 2.92. The van der Waals surface area contributed by atoms with Crippen LogP contribution in [-0.2, 0) is 10.3 Å². The average molecular weight is 261 g/mol. The van der Waals surface area contributed by atoms with Gasteiger partial charge in [0.1, 0.15) is 5.69 Å². The molecule has 100 valence electrons. The van der Waals surface area contributed by atoms with Crippen molar-refractivity contribution in [2.24, 2.45) is 0 Å². The standard InChI is InChI=1S/C14H15NO4/c1-14(2,18-3)10-7-5-4-6-9(10)11-8-12(13(16)17)19-15-11/h4-8H,1-3H3,(H,16,17). The van der Waals surface area contributed by atoms with Crippen molar-refractivity contribution in [3.63, 3.8) is 0 Å². The van der Waals surface area contributed by atoms with Gasteiger partial charge in [0, 0.05) is 18.7 Å². The number of ether oxygens (including phenoxy) is 1. The smallest absolute Gasteiger partial charge is 0.374 e. The first kappa shape index (κ1) is 13.3. The average Bonchev–Trinajstić information content (AvgIpc) is 2.88. The molecule has 0 bridgehead atoms. The predicted molar refractivity (Wildman–Crippen MR) is 68.9 cm³/mol. The summed E-state index contributed by atoms with van der Waals surface area (Å²) in [6, 6.07) is 8.96. The number of methoxy groups -OCH3 is 1. The van der Waals surface area contributed by atoms with E-state index in [9.17, 15) is 4.79 Å². The fourth-order valence-corrected chi connectivity index (χ4v) is 1.84. The molecule has 2 aromatic rings. The van der Waals surface area contributed by atoms with Gasteiger partial charge in [0.05, 0.1) is 5.60 Å². The lowest BCUT2D eigenvalue weighted by atomic mass is 9.91. The zero-order chi connectivity index (χ0) is 14.0. The Morgan fingerprint density at radius 1 is 1.37 bits per heavy atom. The topological polar surface area (TPSA) is 72.6 Å². The van der Waals surface area contributed by atoms with Crippen LogP contribution in [0.3, 0.4) is 0 Å². The molecule has 0 aliphatic heterocycles. The highest BCUT2D eigenvalue weighted by Crippen LogP contribution is 2.33. The molecule has 0 unspecified atom stereocenters. The van der Waals surface area contributed by atoms with Gasteiger partial charge in [0.25, 0.3) is 0 Å². The van der Waals surface area contributed by atoms with Gasteiger partial charge >= 0.3 is 5.97 Å². The number of hydrogen-bond donors (Lipinski definition) is 1. The molecule has 5 nitrogen and oxygen atoms in total. The van der Waals surface area contributed by atoms with Crippen LogP contribution in [0.2, 0.25) is 0 Å². The number of rotatable bonds is 4. The molecular weight excluding hydrogens is 246 g/mol. The van der Waals surface area contributed by atoms with E-state index < -0.39 is 11.6 Å². The van der Waals surface area contributed by atoms with E-state index in [2.05, 4.69) is 5.16 Å². The Bertz CT molecular complexity index is 601. The van der Waals surface area contributed by atoms with Crippen molar-refractivity contribution >= 4 is 5.97 Å². The van der Waals surface area contributed by atoms with Gasteiger partial charge in [0.15, 0.2) is 0 Å². The maximum Gasteiger partial charge on any atom is 0.374 e. The van der Waals surface area contributed by atoms with Gasteiger partial charge < -0.3 is 14.4 Å². The van der Waals surface area contributed by atoms with Crippen molar-refractivity contribution in [1.82, 2.24) is 5.16 Å². The Morgan fingerprint density at radius 2 is 2.05 bits per heavy atom.